The standard InChI is InChI=1S/C7H13N.C2H6/c1-4-6-7(3)8-5-2;1-2/h4,6H,5H2,1-3H3;1-2H3/b6-4-,8-7?;. The molecule has 0 saturated heterocycles. The lowest BCUT2D eigenvalue weighted by atomic mass is 10.4. The zero-order valence-electron chi connectivity index (χ0n) is 7.81. The minimum atomic E-state index is 0.885. The number of hydrogen-bond acceptors (Lipinski definition) is 1. The van der Waals surface area contributed by atoms with Crippen molar-refractivity contribution >= 4 is 5.71 Å². The Morgan fingerprint density at radius 3 is 2.20 bits per heavy atom. The van der Waals surface area contributed by atoms with Crippen molar-refractivity contribution in [1.29, 1.82) is 0 Å². The maximum Gasteiger partial charge on any atom is 0.0364 e. The molecule has 0 amide bonds. The van der Waals surface area contributed by atoms with Crippen molar-refractivity contribution in [2.45, 2.75) is 34.6 Å². The van der Waals surface area contributed by atoms with Crippen LogP contribution < -0.4 is 0 Å². The van der Waals surface area contributed by atoms with Gasteiger partial charge in [-0.2, -0.15) is 0 Å². The predicted molar refractivity (Wildman–Crippen MR) is 49.8 cm³/mol. The van der Waals surface area contributed by atoms with Crippen LogP contribution in [0.25, 0.3) is 0 Å². The third kappa shape index (κ3) is 10.4. The molecule has 0 rings (SSSR count). The summed E-state index contributed by atoms with van der Waals surface area (Å²) in [6.07, 6.45) is 4.00. The first-order chi connectivity index (χ1) is 4.81. The number of hydrogen-bond donors (Lipinski definition) is 0. The van der Waals surface area contributed by atoms with Crippen LogP contribution in [-0.4, -0.2) is 12.3 Å². The number of aliphatic imine (C=N–C) groups is 1. The average Bonchev–Trinajstić information content (AvgIpc) is 1.93. The molecular weight excluding hydrogens is 122 g/mol. The fourth-order valence-electron chi connectivity index (χ4n) is 0.543. The van der Waals surface area contributed by atoms with Crippen LogP contribution in [0, 0.1) is 0 Å². The molecular formula is C9H19N. The lowest BCUT2D eigenvalue weighted by molar-refractivity contribution is 1.13. The topological polar surface area (TPSA) is 12.4 Å². The van der Waals surface area contributed by atoms with Gasteiger partial charge in [0, 0.05) is 12.3 Å². The molecule has 0 aromatic carbocycles. The monoisotopic (exact) mass is 141 g/mol. The van der Waals surface area contributed by atoms with E-state index in [2.05, 4.69) is 4.99 Å². The smallest absolute Gasteiger partial charge is 0.0364 e. The van der Waals surface area contributed by atoms with Crippen LogP contribution in [0.15, 0.2) is 17.1 Å². The Hall–Kier alpha value is -0.590. The summed E-state index contributed by atoms with van der Waals surface area (Å²) in [7, 11) is 0. The van der Waals surface area contributed by atoms with E-state index in [1.54, 1.807) is 0 Å². The SMILES string of the molecule is C/C=C\C(C)=NCC.CC. The molecule has 0 aromatic heterocycles. The molecule has 0 aliphatic carbocycles. The molecule has 0 aromatic rings. The van der Waals surface area contributed by atoms with Crippen LogP contribution in [0.3, 0.4) is 0 Å². The van der Waals surface area contributed by atoms with Gasteiger partial charge < -0.3 is 0 Å². The van der Waals surface area contributed by atoms with Crippen molar-refractivity contribution in [3.05, 3.63) is 12.2 Å². The normalized spacial score (nSPS) is 11.1. The Labute approximate surface area is 64.9 Å². The van der Waals surface area contributed by atoms with Gasteiger partial charge >= 0.3 is 0 Å². The number of rotatable bonds is 2. The van der Waals surface area contributed by atoms with E-state index in [0.29, 0.717) is 0 Å². The zero-order chi connectivity index (χ0) is 8.41. The van der Waals surface area contributed by atoms with Crippen molar-refractivity contribution in [3.63, 3.8) is 0 Å². The van der Waals surface area contributed by atoms with Crippen molar-refractivity contribution < 1.29 is 0 Å². The molecule has 0 aliphatic heterocycles. The van der Waals surface area contributed by atoms with Gasteiger partial charge in [0.25, 0.3) is 0 Å². The molecule has 0 unspecified atom stereocenters. The molecule has 0 bridgehead atoms. The molecule has 0 spiro atoms. The second kappa shape index (κ2) is 11.2. The van der Waals surface area contributed by atoms with Crippen LogP contribution in [0.2, 0.25) is 0 Å². The van der Waals surface area contributed by atoms with E-state index in [1.165, 1.54) is 0 Å². The summed E-state index contributed by atoms with van der Waals surface area (Å²) in [6, 6.07) is 0. The molecule has 1 nitrogen and oxygen atoms in total. The number of nitrogens with zero attached hydrogens (tertiary/aromatic N) is 1. The summed E-state index contributed by atoms with van der Waals surface area (Å²) in [4.78, 5) is 4.14. The second-order valence-electron chi connectivity index (χ2n) is 1.62. The highest BCUT2D eigenvalue weighted by Gasteiger charge is 1.75. The van der Waals surface area contributed by atoms with E-state index >= 15 is 0 Å². The van der Waals surface area contributed by atoms with Gasteiger partial charge in [-0.25, -0.2) is 0 Å². The van der Waals surface area contributed by atoms with E-state index in [4.69, 9.17) is 0 Å². The van der Waals surface area contributed by atoms with E-state index in [0.717, 1.165) is 12.3 Å². The Balaban J connectivity index is 0. The van der Waals surface area contributed by atoms with Crippen molar-refractivity contribution in [3.8, 4) is 0 Å². The van der Waals surface area contributed by atoms with Gasteiger partial charge in [-0.1, -0.05) is 19.9 Å². The van der Waals surface area contributed by atoms with Gasteiger partial charge in [0.2, 0.25) is 0 Å². The van der Waals surface area contributed by atoms with Gasteiger partial charge in [-0.3, -0.25) is 4.99 Å². The molecule has 0 radical (unpaired) electrons. The first-order valence-corrected chi connectivity index (χ1v) is 3.95. The highest BCUT2D eigenvalue weighted by molar-refractivity contribution is 5.92. The Kier molecular flexibility index (Phi) is 13.6. The molecule has 0 aliphatic rings. The molecule has 0 atom stereocenters. The van der Waals surface area contributed by atoms with Crippen molar-refractivity contribution in [2.24, 2.45) is 4.99 Å². The highest BCUT2D eigenvalue weighted by atomic mass is 14.7. The van der Waals surface area contributed by atoms with E-state index in [9.17, 15) is 0 Å². The molecule has 60 valence electrons. The summed E-state index contributed by atoms with van der Waals surface area (Å²) >= 11 is 0. The lowest BCUT2D eigenvalue weighted by Gasteiger charge is -1.85. The molecule has 0 heterocycles. The quantitative estimate of drug-likeness (QED) is 0.524. The van der Waals surface area contributed by atoms with Crippen LogP contribution >= 0.6 is 0 Å². The van der Waals surface area contributed by atoms with Crippen LogP contribution in [0.1, 0.15) is 34.6 Å². The van der Waals surface area contributed by atoms with Crippen LogP contribution in [0.5, 0.6) is 0 Å². The molecule has 0 N–H and O–H groups in total. The molecule has 0 fully saturated rings. The minimum Gasteiger partial charge on any atom is -0.290 e. The molecule has 0 saturated carbocycles. The van der Waals surface area contributed by atoms with Crippen LogP contribution in [0.4, 0.5) is 0 Å². The van der Waals surface area contributed by atoms with E-state index < -0.39 is 0 Å². The minimum absolute atomic E-state index is 0.885. The summed E-state index contributed by atoms with van der Waals surface area (Å²) in [5, 5.41) is 0. The fraction of sp³-hybridized carbons (Fsp3) is 0.667. The van der Waals surface area contributed by atoms with Gasteiger partial charge in [-0.05, 0) is 26.8 Å². The highest BCUT2D eigenvalue weighted by Crippen LogP contribution is 1.79. The first kappa shape index (κ1) is 12.1. The Morgan fingerprint density at radius 2 is 1.90 bits per heavy atom. The first-order valence-electron chi connectivity index (χ1n) is 3.95. The van der Waals surface area contributed by atoms with Gasteiger partial charge in [0.05, 0.1) is 0 Å². The maximum atomic E-state index is 4.14. The van der Waals surface area contributed by atoms with Crippen LogP contribution in [-0.2, 0) is 0 Å². The van der Waals surface area contributed by atoms with E-state index in [-0.39, 0.29) is 0 Å². The zero-order valence-corrected chi connectivity index (χ0v) is 7.81. The molecule has 10 heavy (non-hydrogen) atoms. The predicted octanol–water partition coefficient (Wildman–Crippen LogP) is 3.07. The molecule has 1 heteroatoms. The summed E-state index contributed by atoms with van der Waals surface area (Å²) in [5.74, 6) is 0. The van der Waals surface area contributed by atoms with Crippen molar-refractivity contribution in [1.82, 2.24) is 0 Å². The summed E-state index contributed by atoms with van der Waals surface area (Å²) in [5.41, 5.74) is 1.11. The largest absolute Gasteiger partial charge is 0.290 e. The maximum absolute atomic E-state index is 4.14. The summed E-state index contributed by atoms with van der Waals surface area (Å²) < 4.78 is 0. The second-order valence-corrected chi connectivity index (χ2v) is 1.62. The Morgan fingerprint density at radius 1 is 1.40 bits per heavy atom. The Bertz CT molecular complexity index is 101. The third-order valence-corrected chi connectivity index (χ3v) is 0.815. The van der Waals surface area contributed by atoms with E-state index in [1.807, 2.05) is 46.8 Å². The van der Waals surface area contributed by atoms with Gasteiger partial charge in [0.1, 0.15) is 0 Å². The lowest BCUT2D eigenvalue weighted by Crippen LogP contribution is -1.83. The third-order valence-electron chi connectivity index (χ3n) is 0.815. The average molecular weight is 141 g/mol. The van der Waals surface area contributed by atoms with Gasteiger partial charge in [0.15, 0.2) is 0 Å². The van der Waals surface area contributed by atoms with Crippen molar-refractivity contribution in [2.75, 3.05) is 6.54 Å². The fourth-order valence-corrected chi connectivity index (χ4v) is 0.543. The summed E-state index contributed by atoms with van der Waals surface area (Å²) in [6.45, 7) is 10.9. The number of allylic oxidation sites excluding steroid dienone is 2. The van der Waals surface area contributed by atoms with Gasteiger partial charge in [-0.15, -0.1) is 0 Å².